The number of methoxy groups -OCH3 is 1. The van der Waals surface area contributed by atoms with E-state index in [2.05, 4.69) is 5.32 Å². The Balaban J connectivity index is 1.46. The molecule has 0 atom stereocenters. The van der Waals surface area contributed by atoms with Crippen LogP contribution in [-0.4, -0.2) is 29.7 Å². The molecule has 0 bridgehead atoms. The molecular weight excluding hydrogens is 380 g/mol. The zero-order valence-electron chi connectivity index (χ0n) is 16.4. The molecule has 3 aromatic carbocycles. The number of carbonyl (C=O) groups excluding carboxylic acids is 3. The minimum absolute atomic E-state index is 0.189. The number of amides is 3. The van der Waals surface area contributed by atoms with Crippen LogP contribution in [0.25, 0.3) is 0 Å². The van der Waals surface area contributed by atoms with Crippen molar-refractivity contribution in [1.29, 1.82) is 0 Å². The second kappa shape index (κ2) is 8.21. The van der Waals surface area contributed by atoms with Gasteiger partial charge in [0.05, 0.1) is 31.2 Å². The van der Waals surface area contributed by atoms with Crippen LogP contribution in [0.5, 0.6) is 5.75 Å². The molecule has 4 rings (SSSR count). The molecule has 3 amide bonds. The Bertz CT molecular complexity index is 1110. The van der Waals surface area contributed by atoms with Gasteiger partial charge in [-0.05, 0) is 41.5 Å². The van der Waals surface area contributed by atoms with Crippen molar-refractivity contribution in [1.82, 2.24) is 4.90 Å². The lowest BCUT2D eigenvalue weighted by Crippen LogP contribution is -2.29. The van der Waals surface area contributed by atoms with E-state index >= 15 is 0 Å². The zero-order valence-corrected chi connectivity index (χ0v) is 16.4. The van der Waals surface area contributed by atoms with Crippen LogP contribution in [0, 0.1) is 0 Å². The number of nitrogens with one attached hydrogen (secondary N) is 1. The number of fused-ring (bicyclic) bond motifs is 1. The topological polar surface area (TPSA) is 75.7 Å². The molecule has 1 heterocycles. The van der Waals surface area contributed by atoms with Gasteiger partial charge >= 0.3 is 0 Å². The molecular formula is C24H20N2O4. The highest BCUT2D eigenvalue weighted by atomic mass is 16.5. The van der Waals surface area contributed by atoms with Crippen LogP contribution in [0.15, 0.2) is 72.8 Å². The van der Waals surface area contributed by atoms with E-state index in [4.69, 9.17) is 4.74 Å². The highest BCUT2D eigenvalue weighted by molar-refractivity contribution is 6.21. The summed E-state index contributed by atoms with van der Waals surface area (Å²) < 4.78 is 5.11. The molecule has 0 radical (unpaired) electrons. The zero-order chi connectivity index (χ0) is 21.1. The quantitative estimate of drug-likeness (QED) is 0.641. The average Bonchev–Trinajstić information content (AvgIpc) is 2.99. The van der Waals surface area contributed by atoms with E-state index < -0.39 is 0 Å². The Labute approximate surface area is 174 Å². The SMILES string of the molecule is COc1ccc(CC(=O)Nc2ccc3c(c2)C(=O)N(Cc2ccccc2)C3=O)cc1. The number of hydrogen-bond donors (Lipinski definition) is 1. The van der Waals surface area contributed by atoms with Crippen LogP contribution in [0.4, 0.5) is 5.69 Å². The lowest BCUT2D eigenvalue weighted by molar-refractivity contribution is -0.115. The largest absolute Gasteiger partial charge is 0.497 e. The van der Waals surface area contributed by atoms with Gasteiger partial charge in [-0.3, -0.25) is 19.3 Å². The van der Waals surface area contributed by atoms with Crippen molar-refractivity contribution in [2.75, 3.05) is 12.4 Å². The van der Waals surface area contributed by atoms with E-state index in [1.165, 1.54) is 4.90 Å². The summed E-state index contributed by atoms with van der Waals surface area (Å²) in [6, 6.07) is 21.4. The number of nitrogens with zero attached hydrogens (tertiary/aromatic N) is 1. The molecule has 150 valence electrons. The molecule has 0 saturated carbocycles. The van der Waals surface area contributed by atoms with Crippen molar-refractivity contribution in [3.63, 3.8) is 0 Å². The predicted molar refractivity (Wildman–Crippen MR) is 112 cm³/mol. The Kier molecular flexibility index (Phi) is 5.30. The first-order chi connectivity index (χ1) is 14.5. The van der Waals surface area contributed by atoms with E-state index in [1.807, 2.05) is 42.5 Å². The van der Waals surface area contributed by atoms with Crippen LogP contribution >= 0.6 is 0 Å². The fourth-order valence-corrected chi connectivity index (χ4v) is 3.41. The van der Waals surface area contributed by atoms with Crippen LogP contribution in [0.2, 0.25) is 0 Å². The maximum absolute atomic E-state index is 12.8. The molecule has 1 aliphatic rings. The number of ether oxygens (including phenoxy) is 1. The number of anilines is 1. The van der Waals surface area contributed by atoms with Gasteiger partial charge in [-0.1, -0.05) is 42.5 Å². The number of imide groups is 1. The van der Waals surface area contributed by atoms with E-state index in [0.717, 1.165) is 16.9 Å². The summed E-state index contributed by atoms with van der Waals surface area (Å²) in [5.74, 6) is -0.167. The minimum Gasteiger partial charge on any atom is -0.497 e. The molecule has 0 unspecified atom stereocenters. The third-order valence-electron chi connectivity index (χ3n) is 4.96. The molecule has 6 heteroatoms. The van der Waals surface area contributed by atoms with Crippen LogP contribution in [-0.2, 0) is 17.8 Å². The van der Waals surface area contributed by atoms with Gasteiger partial charge in [0, 0.05) is 5.69 Å². The number of benzene rings is 3. The van der Waals surface area contributed by atoms with E-state index in [9.17, 15) is 14.4 Å². The van der Waals surface area contributed by atoms with Gasteiger partial charge in [0.25, 0.3) is 11.8 Å². The minimum atomic E-state index is -0.356. The van der Waals surface area contributed by atoms with Crippen LogP contribution in [0.3, 0.4) is 0 Å². The molecule has 0 aliphatic carbocycles. The van der Waals surface area contributed by atoms with Crippen molar-refractivity contribution in [3.05, 3.63) is 95.1 Å². The summed E-state index contributed by atoms with van der Waals surface area (Å²) in [6.07, 6.45) is 0.189. The maximum Gasteiger partial charge on any atom is 0.261 e. The first kappa shape index (κ1) is 19.4. The summed E-state index contributed by atoms with van der Waals surface area (Å²) in [6.45, 7) is 0.215. The van der Waals surface area contributed by atoms with Crippen molar-refractivity contribution in [3.8, 4) is 5.75 Å². The molecule has 0 spiro atoms. The van der Waals surface area contributed by atoms with E-state index in [-0.39, 0.29) is 30.7 Å². The van der Waals surface area contributed by atoms with Gasteiger partial charge in [-0.25, -0.2) is 0 Å². The fourth-order valence-electron chi connectivity index (χ4n) is 3.41. The molecule has 0 fully saturated rings. The van der Waals surface area contributed by atoms with Gasteiger partial charge in [-0.2, -0.15) is 0 Å². The van der Waals surface area contributed by atoms with Crippen molar-refractivity contribution >= 4 is 23.4 Å². The van der Waals surface area contributed by atoms with Crippen molar-refractivity contribution in [2.24, 2.45) is 0 Å². The van der Waals surface area contributed by atoms with Crippen LogP contribution < -0.4 is 10.1 Å². The molecule has 3 aromatic rings. The highest BCUT2D eigenvalue weighted by Gasteiger charge is 2.35. The molecule has 0 aromatic heterocycles. The fraction of sp³-hybridized carbons (Fsp3) is 0.125. The number of rotatable bonds is 6. The number of hydrogen-bond acceptors (Lipinski definition) is 4. The van der Waals surface area contributed by atoms with E-state index in [0.29, 0.717) is 16.8 Å². The maximum atomic E-state index is 12.8. The average molecular weight is 400 g/mol. The van der Waals surface area contributed by atoms with Crippen molar-refractivity contribution in [2.45, 2.75) is 13.0 Å². The smallest absolute Gasteiger partial charge is 0.261 e. The highest BCUT2D eigenvalue weighted by Crippen LogP contribution is 2.27. The van der Waals surface area contributed by atoms with Crippen LogP contribution in [0.1, 0.15) is 31.8 Å². The second-order valence-corrected chi connectivity index (χ2v) is 7.02. The standard InChI is InChI=1S/C24H20N2O4/c1-30-19-10-7-16(8-11-19)13-22(27)25-18-9-12-20-21(14-18)24(29)26(23(20)28)15-17-5-3-2-4-6-17/h2-12,14H,13,15H2,1H3,(H,25,27). The molecule has 1 aliphatic heterocycles. The molecule has 1 N–H and O–H groups in total. The van der Waals surface area contributed by atoms with E-state index in [1.54, 1.807) is 37.4 Å². The summed E-state index contributed by atoms with van der Waals surface area (Å²) in [7, 11) is 1.59. The monoisotopic (exact) mass is 400 g/mol. The van der Waals surface area contributed by atoms with Gasteiger partial charge < -0.3 is 10.1 Å². The normalized spacial score (nSPS) is 12.6. The molecule has 0 saturated heterocycles. The Morgan fingerprint density at radius 2 is 1.57 bits per heavy atom. The molecule has 6 nitrogen and oxygen atoms in total. The summed E-state index contributed by atoms with van der Waals surface area (Å²) >= 11 is 0. The summed E-state index contributed by atoms with van der Waals surface area (Å²) in [5.41, 5.74) is 2.85. The third kappa shape index (κ3) is 3.93. The third-order valence-corrected chi connectivity index (χ3v) is 4.96. The lowest BCUT2D eigenvalue weighted by atomic mass is 10.1. The van der Waals surface area contributed by atoms with Gasteiger partial charge in [0.15, 0.2) is 0 Å². The Morgan fingerprint density at radius 1 is 0.867 bits per heavy atom. The number of carbonyl (C=O) groups is 3. The predicted octanol–water partition coefficient (Wildman–Crippen LogP) is 3.67. The first-order valence-corrected chi connectivity index (χ1v) is 9.52. The second-order valence-electron chi connectivity index (χ2n) is 7.02. The van der Waals surface area contributed by atoms with Crippen molar-refractivity contribution < 1.29 is 19.1 Å². The Morgan fingerprint density at radius 3 is 2.27 bits per heavy atom. The van der Waals surface area contributed by atoms with Gasteiger partial charge in [0.2, 0.25) is 5.91 Å². The lowest BCUT2D eigenvalue weighted by Gasteiger charge is -2.13. The Hall–Kier alpha value is -3.93. The first-order valence-electron chi connectivity index (χ1n) is 9.52. The summed E-state index contributed by atoms with van der Waals surface area (Å²) in [4.78, 5) is 39.0. The molecule has 30 heavy (non-hydrogen) atoms. The summed E-state index contributed by atoms with van der Waals surface area (Å²) in [5, 5.41) is 2.80. The van der Waals surface area contributed by atoms with Gasteiger partial charge in [0.1, 0.15) is 5.75 Å². The van der Waals surface area contributed by atoms with Gasteiger partial charge in [-0.15, -0.1) is 0 Å².